The van der Waals surface area contributed by atoms with Crippen LogP contribution in [0, 0.1) is 5.92 Å². The Balaban J connectivity index is 1.77. The number of halogens is 1. The lowest BCUT2D eigenvalue weighted by atomic mass is 9.97. The lowest BCUT2D eigenvalue weighted by Crippen LogP contribution is -2.40. The van der Waals surface area contributed by atoms with Crippen molar-refractivity contribution in [3.63, 3.8) is 0 Å². The molecule has 0 atom stereocenters. The van der Waals surface area contributed by atoms with Crippen molar-refractivity contribution < 1.29 is 4.79 Å². The Morgan fingerprint density at radius 1 is 1.32 bits per heavy atom. The van der Waals surface area contributed by atoms with E-state index in [9.17, 15) is 4.79 Å². The molecule has 104 valence electrons. The predicted octanol–water partition coefficient (Wildman–Crippen LogP) is 2.06. The molecule has 1 aromatic rings. The van der Waals surface area contributed by atoms with Crippen LogP contribution < -0.4 is 11.1 Å². The van der Waals surface area contributed by atoms with Crippen LogP contribution in [0.4, 0.5) is 5.69 Å². The monoisotopic (exact) mass is 325 g/mol. The van der Waals surface area contributed by atoms with Crippen LogP contribution in [-0.4, -0.2) is 37.0 Å². The van der Waals surface area contributed by atoms with Gasteiger partial charge in [-0.25, -0.2) is 0 Å². The maximum atomic E-state index is 11.9. The van der Waals surface area contributed by atoms with Crippen LogP contribution >= 0.6 is 15.9 Å². The number of hydrogen-bond donors (Lipinski definition) is 2. The molecule has 2 rings (SSSR count). The summed E-state index contributed by atoms with van der Waals surface area (Å²) in [7, 11) is 0. The summed E-state index contributed by atoms with van der Waals surface area (Å²) in [5.74, 6) is 0.680. The molecule has 0 unspecified atom stereocenters. The molecule has 4 nitrogen and oxygen atoms in total. The molecule has 1 amide bonds. The second kappa shape index (κ2) is 7.03. The van der Waals surface area contributed by atoms with Gasteiger partial charge in [0.2, 0.25) is 5.91 Å². The number of nitrogens with one attached hydrogen (secondary N) is 1. The normalized spacial score (nSPS) is 17.4. The number of rotatable bonds is 4. The van der Waals surface area contributed by atoms with Gasteiger partial charge in [0.15, 0.2) is 0 Å². The van der Waals surface area contributed by atoms with Crippen molar-refractivity contribution in [2.75, 3.05) is 31.5 Å². The third-order valence-corrected chi connectivity index (χ3v) is 4.06. The van der Waals surface area contributed by atoms with Gasteiger partial charge in [0, 0.05) is 10.2 Å². The van der Waals surface area contributed by atoms with Crippen molar-refractivity contribution in [1.29, 1.82) is 0 Å². The Morgan fingerprint density at radius 2 is 1.95 bits per heavy atom. The summed E-state index contributed by atoms with van der Waals surface area (Å²) in [5.41, 5.74) is 6.50. The van der Waals surface area contributed by atoms with E-state index in [2.05, 4.69) is 26.1 Å². The maximum absolute atomic E-state index is 11.9. The van der Waals surface area contributed by atoms with Gasteiger partial charge < -0.3 is 11.1 Å². The molecular weight excluding hydrogens is 306 g/mol. The predicted molar refractivity (Wildman–Crippen MR) is 81.0 cm³/mol. The number of amides is 1. The average molecular weight is 326 g/mol. The van der Waals surface area contributed by atoms with E-state index in [1.54, 1.807) is 0 Å². The van der Waals surface area contributed by atoms with E-state index in [4.69, 9.17) is 5.73 Å². The molecule has 1 aliphatic rings. The van der Waals surface area contributed by atoms with Crippen molar-refractivity contribution in [3.05, 3.63) is 28.7 Å². The molecule has 0 aromatic heterocycles. The van der Waals surface area contributed by atoms with Crippen LogP contribution in [0.2, 0.25) is 0 Å². The van der Waals surface area contributed by atoms with Gasteiger partial charge in [-0.05, 0) is 62.7 Å². The molecule has 19 heavy (non-hydrogen) atoms. The zero-order valence-corrected chi connectivity index (χ0v) is 12.5. The first kappa shape index (κ1) is 14.5. The third-order valence-electron chi connectivity index (χ3n) is 3.54. The first-order valence-corrected chi connectivity index (χ1v) is 7.44. The highest BCUT2D eigenvalue weighted by atomic mass is 79.9. The molecule has 0 spiro atoms. The van der Waals surface area contributed by atoms with Gasteiger partial charge in [0.25, 0.3) is 0 Å². The second-order valence-electron chi connectivity index (χ2n) is 5.01. The number of benzene rings is 1. The number of carbonyl (C=O) groups is 1. The van der Waals surface area contributed by atoms with E-state index in [0.29, 0.717) is 12.5 Å². The molecule has 3 N–H and O–H groups in total. The third kappa shape index (κ3) is 4.60. The van der Waals surface area contributed by atoms with Crippen molar-refractivity contribution in [1.82, 2.24) is 4.90 Å². The number of nitrogens with two attached hydrogens (primary N) is 1. The van der Waals surface area contributed by atoms with Crippen LogP contribution in [0.1, 0.15) is 12.8 Å². The van der Waals surface area contributed by atoms with Crippen LogP contribution in [-0.2, 0) is 4.79 Å². The summed E-state index contributed by atoms with van der Waals surface area (Å²) in [6.07, 6.45) is 2.20. The maximum Gasteiger partial charge on any atom is 0.238 e. The lowest BCUT2D eigenvalue weighted by Gasteiger charge is -2.30. The molecule has 1 aliphatic heterocycles. The molecule has 5 heteroatoms. The van der Waals surface area contributed by atoms with Gasteiger partial charge in [0.05, 0.1) is 6.54 Å². The molecule has 1 aromatic carbocycles. The fourth-order valence-electron chi connectivity index (χ4n) is 2.32. The quantitative estimate of drug-likeness (QED) is 0.890. The summed E-state index contributed by atoms with van der Waals surface area (Å²) in [5, 5.41) is 2.92. The molecule has 0 radical (unpaired) electrons. The van der Waals surface area contributed by atoms with Gasteiger partial charge in [-0.3, -0.25) is 9.69 Å². The van der Waals surface area contributed by atoms with E-state index >= 15 is 0 Å². The fraction of sp³-hybridized carbons (Fsp3) is 0.500. The van der Waals surface area contributed by atoms with Gasteiger partial charge in [0.1, 0.15) is 0 Å². The first-order chi connectivity index (χ1) is 9.17. The second-order valence-corrected chi connectivity index (χ2v) is 5.93. The molecule has 1 heterocycles. The Labute approximate surface area is 122 Å². The van der Waals surface area contributed by atoms with Gasteiger partial charge >= 0.3 is 0 Å². The van der Waals surface area contributed by atoms with Crippen LogP contribution in [0.15, 0.2) is 28.7 Å². The van der Waals surface area contributed by atoms with Gasteiger partial charge in [-0.2, -0.15) is 0 Å². The Morgan fingerprint density at radius 3 is 2.53 bits per heavy atom. The average Bonchev–Trinajstić information content (AvgIpc) is 2.42. The zero-order chi connectivity index (χ0) is 13.7. The topological polar surface area (TPSA) is 58.4 Å². The summed E-state index contributed by atoms with van der Waals surface area (Å²) in [6, 6.07) is 7.62. The van der Waals surface area contributed by atoms with E-state index < -0.39 is 0 Å². The van der Waals surface area contributed by atoms with Crippen molar-refractivity contribution in [3.8, 4) is 0 Å². The number of carbonyl (C=O) groups excluding carboxylic acids is 1. The molecular formula is C14H20BrN3O. The zero-order valence-electron chi connectivity index (χ0n) is 10.9. The Hall–Kier alpha value is -0.910. The first-order valence-electron chi connectivity index (χ1n) is 6.65. The van der Waals surface area contributed by atoms with E-state index in [-0.39, 0.29) is 5.91 Å². The lowest BCUT2D eigenvalue weighted by molar-refractivity contribution is -0.117. The summed E-state index contributed by atoms with van der Waals surface area (Å²) in [4.78, 5) is 14.1. The molecule has 1 fully saturated rings. The van der Waals surface area contributed by atoms with Crippen LogP contribution in [0.3, 0.4) is 0 Å². The van der Waals surface area contributed by atoms with Crippen molar-refractivity contribution in [2.24, 2.45) is 11.7 Å². The summed E-state index contributed by atoms with van der Waals surface area (Å²) >= 11 is 3.37. The molecule has 0 aliphatic carbocycles. The SMILES string of the molecule is NCC1CCN(CC(=O)Nc2ccc(Br)cc2)CC1. The highest BCUT2D eigenvalue weighted by Crippen LogP contribution is 2.16. The highest BCUT2D eigenvalue weighted by molar-refractivity contribution is 9.10. The van der Waals surface area contributed by atoms with Crippen LogP contribution in [0.25, 0.3) is 0 Å². The van der Waals surface area contributed by atoms with Gasteiger partial charge in [-0.1, -0.05) is 15.9 Å². The summed E-state index contributed by atoms with van der Waals surface area (Å²) < 4.78 is 1.01. The minimum Gasteiger partial charge on any atom is -0.330 e. The minimum atomic E-state index is 0.0496. The highest BCUT2D eigenvalue weighted by Gasteiger charge is 2.19. The number of nitrogens with zero attached hydrogens (tertiary/aromatic N) is 1. The molecule has 0 saturated carbocycles. The smallest absolute Gasteiger partial charge is 0.238 e. The van der Waals surface area contributed by atoms with Crippen LogP contribution in [0.5, 0.6) is 0 Å². The number of hydrogen-bond acceptors (Lipinski definition) is 3. The van der Waals surface area contributed by atoms with E-state index in [1.165, 1.54) is 0 Å². The molecule has 1 saturated heterocycles. The van der Waals surface area contributed by atoms with E-state index in [0.717, 1.165) is 42.6 Å². The fourth-order valence-corrected chi connectivity index (χ4v) is 2.58. The van der Waals surface area contributed by atoms with Crippen molar-refractivity contribution in [2.45, 2.75) is 12.8 Å². The summed E-state index contributed by atoms with van der Waals surface area (Å²) in [6.45, 7) is 3.16. The Bertz CT molecular complexity index is 413. The number of piperidine rings is 1. The minimum absolute atomic E-state index is 0.0496. The number of anilines is 1. The standard InChI is InChI=1S/C14H20BrN3O/c15-12-1-3-13(4-2-12)17-14(19)10-18-7-5-11(9-16)6-8-18/h1-4,11H,5-10,16H2,(H,17,19). The van der Waals surface area contributed by atoms with Gasteiger partial charge in [-0.15, -0.1) is 0 Å². The van der Waals surface area contributed by atoms with E-state index in [1.807, 2.05) is 24.3 Å². The number of likely N-dealkylation sites (tertiary alicyclic amines) is 1. The van der Waals surface area contributed by atoms with Crippen molar-refractivity contribution >= 4 is 27.5 Å². The Kier molecular flexibility index (Phi) is 5.36. The molecule has 0 bridgehead atoms. The largest absolute Gasteiger partial charge is 0.330 e.